The van der Waals surface area contributed by atoms with Crippen molar-refractivity contribution < 1.29 is 26.3 Å². The van der Waals surface area contributed by atoms with Crippen LogP contribution in [0.1, 0.15) is 30.5 Å². The summed E-state index contributed by atoms with van der Waals surface area (Å²) in [5.41, 5.74) is -2.34. The van der Waals surface area contributed by atoms with Crippen molar-refractivity contribution in [3.8, 4) is 0 Å². The van der Waals surface area contributed by atoms with Crippen LogP contribution in [0.5, 0.6) is 0 Å². The first-order chi connectivity index (χ1) is 8.76. The summed E-state index contributed by atoms with van der Waals surface area (Å²) in [5, 5.41) is 0. The molecule has 114 valence electrons. The van der Waals surface area contributed by atoms with Gasteiger partial charge in [0.05, 0.1) is 0 Å². The van der Waals surface area contributed by atoms with Crippen LogP contribution in [-0.2, 0) is 15.5 Å². The first-order valence-corrected chi connectivity index (χ1v) is 14.4. The number of halogens is 6. The Morgan fingerprint density at radius 1 is 0.700 bits per heavy atom. The molecule has 0 heterocycles. The predicted molar refractivity (Wildman–Crippen MR) is 67.0 cm³/mol. The van der Waals surface area contributed by atoms with Crippen LogP contribution in [0.4, 0.5) is 26.3 Å². The predicted octanol–water partition coefficient (Wildman–Crippen LogP) is 5.30. The molecule has 0 bridgehead atoms. The van der Waals surface area contributed by atoms with Crippen molar-refractivity contribution in [1.82, 2.24) is 0 Å². The van der Waals surface area contributed by atoms with Gasteiger partial charge in [-0.05, 0) is 0 Å². The Morgan fingerprint density at radius 2 is 1.00 bits per heavy atom. The fourth-order valence-electron chi connectivity index (χ4n) is 1.57. The van der Waals surface area contributed by atoms with E-state index < -0.39 is 48.4 Å². The van der Waals surface area contributed by atoms with Crippen molar-refractivity contribution in [3.63, 3.8) is 0 Å². The summed E-state index contributed by atoms with van der Waals surface area (Å²) in [7, 11) is 0. The van der Waals surface area contributed by atoms with E-state index in [4.69, 9.17) is 0 Å². The SMILES string of the molecule is [CH3][Bi]([CH3])[C](C)(C)c1cc(C(F)(F)F)cc(C(F)(F)F)c1. The second-order valence-corrected chi connectivity index (χ2v) is 16.5. The number of benzene rings is 1. The van der Waals surface area contributed by atoms with Gasteiger partial charge in [0, 0.05) is 0 Å². The van der Waals surface area contributed by atoms with Crippen molar-refractivity contribution in [3.05, 3.63) is 34.9 Å². The number of rotatable bonds is 2. The molecule has 0 atom stereocenters. The Kier molecular flexibility index (Phi) is 4.85. The first-order valence-electron chi connectivity index (χ1n) is 5.73. The summed E-state index contributed by atoms with van der Waals surface area (Å²) in [4.78, 5) is 0. The van der Waals surface area contributed by atoms with E-state index in [1.54, 1.807) is 13.8 Å². The van der Waals surface area contributed by atoms with Gasteiger partial charge in [0.25, 0.3) is 0 Å². The topological polar surface area (TPSA) is 0 Å². The summed E-state index contributed by atoms with van der Waals surface area (Å²) in [5.74, 6) is 0. The summed E-state index contributed by atoms with van der Waals surface area (Å²) in [6.45, 7) is 3.45. The van der Waals surface area contributed by atoms with Crippen molar-refractivity contribution in [2.24, 2.45) is 0 Å². The van der Waals surface area contributed by atoms with E-state index >= 15 is 0 Å². The molecule has 1 rings (SSSR count). The third-order valence-corrected chi connectivity index (χ3v) is 13.1. The molecule has 0 aliphatic heterocycles. The van der Waals surface area contributed by atoms with Gasteiger partial charge in [-0.3, -0.25) is 0 Å². The van der Waals surface area contributed by atoms with Crippen LogP contribution in [-0.4, -0.2) is 21.8 Å². The van der Waals surface area contributed by atoms with Crippen LogP contribution in [0.3, 0.4) is 0 Å². The van der Waals surface area contributed by atoms with E-state index in [9.17, 15) is 26.3 Å². The van der Waals surface area contributed by atoms with E-state index in [0.717, 1.165) is 12.1 Å². The number of hydrogen-bond donors (Lipinski definition) is 0. The van der Waals surface area contributed by atoms with Gasteiger partial charge >= 0.3 is 122 Å². The van der Waals surface area contributed by atoms with Gasteiger partial charge < -0.3 is 0 Å². The third-order valence-electron chi connectivity index (χ3n) is 3.41. The summed E-state index contributed by atoms with van der Waals surface area (Å²) in [6.07, 6.45) is -9.56. The van der Waals surface area contributed by atoms with Crippen LogP contribution < -0.4 is 0 Å². The minimum absolute atomic E-state index is 0.127. The molecule has 7 heteroatoms. The molecule has 0 amide bonds. The second-order valence-electron chi connectivity index (χ2n) is 5.25. The molecule has 0 aliphatic carbocycles. The van der Waals surface area contributed by atoms with Crippen molar-refractivity contribution in [2.75, 3.05) is 0 Å². The van der Waals surface area contributed by atoms with Crippen LogP contribution in [0, 0.1) is 0 Å². The van der Waals surface area contributed by atoms with Crippen LogP contribution in [0.15, 0.2) is 18.2 Å². The molecule has 0 saturated carbocycles. The van der Waals surface area contributed by atoms with E-state index in [2.05, 4.69) is 0 Å². The average molecular weight is 494 g/mol. The monoisotopic (exact) mass is 494 g/mol. The van der Waals surface area contributed by atoms with Gasteiger partial charge in [-0.25, -0.2) is 0 Å². The molecule has 0 aliphatic rings. The molecule has 20 heavy (non-hydrogen) atoms. The molecule has 1 aromatic carbocycles. The van der Waals surface area contributed by atoms with Crippen molar-refractivity contribution >= 4 is 21.8 Å². The van der Waals surface area contributed by atoms with Gasteiger partial charge in [0.2, 0.25) is 0 Å². The maximum absolute atomic E-state index is 12.8. The Hall–Kier alpha value is -0.317. The molecule has 0 saturated heterocycles. The summed E-state index contributed by atoms with van der Waals surface area (Å²) >= 11 is -2.14. The zero-order valence-electron chi connectivity index (χ0n) is 11.4. The van der Waals surface area contributed by atoms with Gasteiger partial charge in [-0.15, -0.1) is 0 Å². The fraction of sp³-hybridized carbons (Fsp3) is 0.538. The van der Waals surface area contributed by atoms with E-state index in [1.165, 1.54) is 0 Å². The zero-order valence-corrected chi connectivity index (χ0v) is 14.9. The van der Waals surface area contributed by atoms with Gasteiger partial charge in [0.15, 0.2) is 0 Å². The molecule has 0 fully saturated rings. The molecule has 1 aromatic rings. The van der Waals surface area contributed by atoms with E-state index in [0.29, 0.717) is 0 Å². The van der Waals surface area contributed by atoms with Gasteiger partial charge in [-0.2, -0.15) is 0 Å². The van der Waals surface area contributed by atoms with E-state index in [1.807, 2.05) is 9.26 Å². The Labute approximate surface area is 121 Å². The molecule has 0 aromatic heterocycles. The first kappa shape index (κ1) is 17.7. The number of alkyl halides is 6. The van der Waals surface area contributed by atoms with Crippen molar-refractivity contribution in [2.45, 2.75) is 38.6 Å². The molecule has 0 spiro atoms. The van der Waals surface area contributed by atoms with Gasteiger partial charge in [0.1, 0.15) is 0 Å². The zero-order chi connectivity index (χ0) is 15.9. The Morgan fingerprint density at radius 3 is 1.25 bits per heavy atom. The van der Waals surface area contributed by atoms with Gasteiger partial charge in [-0.1, -0.05) is 0 Å². The van der Waals surface area contributed by atoms with Crippen LogP contribution >= 0.6 is 0 Å². The molecule has 0 radical (unpaired) electrons. The normalized spacial score (nSPS) is 13.9. The molecule has 0 N–H and O–H groups in total. The summed E-state index contributed by atoms with van der Waals surface area (Å²) in [6, 6.07) is 1.88. The standard InChI is InChI=1S/C11H9F6.2CH3.Bi/c1-6(2)7-3-8(10(12,13)14)5-9(4-7)11(15,16)17;;;/h3-5H,1-2H3;2*1H3;. The Bertz CT molecular complexity index is 452. The molecule has 0 nitrogen and oxygen atoms in total. The molecular formula is C13H15BiF6. The summed E-state index contributed by atoms with van der Waals surface area (Å²) < 4.78 is 80.0. The minimum atomic E-state index is -4.78. The fourth-order valence-corrected chi connectivity index (χ4v) is 4.08. The van der Waals surface area contributed by atoms with Crippen LogP contribution in [0.2, 0.25) is 9.26 Å². The van der Waals surface area contributed by atoms with E-state index in [-0.39, 0.29) is 11.6 Å². The molecular weight excluding hydrogens is 479 g/mol. The second kappa shape index (κ2) is 5.47. The third kappa shape index (κ3) is 3.87. The van der Waals surface area contributed by atoms with Crippen molar-refractivity contribution in [1.29, 1.82) is 0 Å². The Balaban J connectivity index is 3.55. The maximum atomic E-state index is 12.8. The number of hydrogen-bond acceptors (Lipinski definition) is 0. The average Bonchev–Trinajstić information content (AvgIpc) is 2.25. The quantitative estimate of drug-likeness (QED) is 0.387. The van der Waals surface area contributed by atoms with Crippen LogP contribution in [0.25, 0.3) is 0 Å². The molecule has 0 unspecified atom stereocenters.